The number of likely N-dealkylation sites (N-methyl/N-ethyl adjacent to an activating group) is 1. The van der Waals surface area contributed by atoms with Gasteiger partial charge in [-0.1, -0.05) is 56.3 Å². The van der Waals surface area contributed by atoms with Crippen molar-refractivity contribution in [2.75, 3.05) is 26.0 Å². The van der Waals surface area contributed by atoms with Crippen LogP contribution in [0.25, 0.3) is 21.8 Å². The standard InChI is InChI=1S/C35H38N5O2P/c1-8-39-31-15-11-9-13-27(31)28-22-26(19-20-32(28)39)43(37(5)6,36-30-21-25(40(41)42)18-17-24(30)2)23-34-35(3,4)29-14-10-12-16-33(29)38(34)7/h9-23H,8H2,1-7H3/b34-23-/t43-/m1/s1. The second-order valence-electron chi connectivity index (χ2n) is 12.0. The molecule has 43 heavy (non-hydrogen) atoms. The molecule has 1 aromatic heterocycles. The van der Waals surface area contributed by atoms with E-state index in [0.717, 1.165) is 17.4 Å². The molecule has 0 bridgehead atoms. The molecule has 1 atom stereocenters. The number of nitro groups is 1. The summed E-state index contributed by atoms with van der Waals surface area (Å²) in [5.74, 6) is 2.37. The summed E-state index contributed by atoms with van der Waals surface area (Å²) in [5.41, 5.74) is 7.35. The average Bonchev–Trinajstić information content (AvgIpc) is 3.41. The van der Waals surface area contributed by atoms with Crippen LogP contribution in [0.3, 0.4) is 0 Å². The monoisotopic (exact) mass is 591 g/mol. The van der Waals surface area contributed by atoms with Gasteiger partial charge in [0.15, 0.2) is 0 Å². The largest absolute Gasteiger partial charge is 0.347 e. The van der Waals surface area contributed by atoms with Gasteiger partial charge >= 0.3 is 0 Å². The number of non-ortho nitro benzene ring substituents is 1. The molecule has 2 heterocycles. The number of para-hydroxylation sites is 2. The second-order valence-corrected chi connectivity index (χ2v) is 15.1. The van der Waals surface area contributed by atoms with Gasteiger partial charge < -0.3 is 9.47 Å². The number of aromatic nitrogens is 1. The number of allylic oxidation sites excluding steroid dienone is 1. The zero-order valence-corrected chi connectivity index (χ0v) is 26.8. The maximum Gasteiger partial charge on any atom is 0.271 e. The van der Waals surface area contributed by atoms with E-state index in [0.29, 0.717) is 5.69 Å². The Morgan fingerprint density at radius 3 is 2.35 bits per heavy atom. The Hall–Kier alpha value is -4.19. The Labute approximate surface area is 253 Å². The van der Waals surface area contributed by atoms with E-state index in [9.17, 15) is 10.1 Å². The number of fused-ring (bicyclic) bond motifs is 4. The van der Waals surface area contributed by atoms with Crippen LogP contribution in [0.15, 0.2) is 101 Å². The molecule has 0 amide bonds. The molecule has 0 unspecified atom stereocenters. The maximum atomic E-state index is 11.8. The molecule has 0 radical (unpaired) electrons. The Bertz CT molecular complexity index is 2000. The molecule has 6 rings (SSSR count). The molecule has 0 N–H and O–H groups in total. The van der Waals surface area contributed by atoms with Crippen LogP contribution in [0.5, 0.6) is 0 Å². The van der Waals surface area contributed by atoms with E-state index in [1.165, 1.54) is 38.8 Å². The summed E-state index contributed by atoms with van der Waals surface area (Å²) in [6, 6.07) is 28.8. The summed E-state index contributed by atoms with van der Waals surface area (Å²) < 4.78 is 10.1. The van der Waals surface area contributed by atoms with Crippen molar-refractivity contribution in [2.24, 2.45) is 4.74 Å². The van der Waals surface area contributed by atoms with Crippen molar-refractivity contribution < 1.29 is 4.92 Å². The van der Waals surface area contributed by atoms with E-state index in [-0.39, 0.29) is 16.0 Å². The highest BCUT2D eigenvalue weighted by atomic mass is 31.2. The first kappa shape index (κ1) is 28.9. The van der Waals surface area contributed by atoms with Gasteiger partial charge in [0.05, 0.1) is 17.8 Å². The predicted molar refractivity (Wildman–Crippen MR) is 181 cm³/mol. The minimum atomic E-state index is -2.67. The number of aryl methyl sites for hydroxylation is 2. The van der Waals surface area contributed by atoms with E-state index < -0.39 is 7.21 Å². The van der Waals surface area contributed by atoms with E-state index in [1.807, 2.05) is 6.92 Å². The lowest BCUT2D eigenvalue weighted by atomic mass is 9.84. The third-order valence-corrected chi connectivity index (χ3v) is 12.4. The molecule has 4 aromatic carbocycles. The van der Waals surface area contributed by atoms with Crippen LogP contribution in [0, 0.1) is 17.0 Å². The van der Waals surface area contributed by atoms with Gasteiger partial charge in [-0.25, -0.2) is 4.74 Å². The van der Waals surface area contributed by atoms with Crippen LogP contribution in [-0.2, 0) is 12.0 Å². The number of benzene rings is 4. The van der Waals surface area contributed by atoms with Crippen molar-refractivity contribution in [1.29, 1.82) is 0 Å². The van der Waals surface area contributed by atoms with E-state index >= 15 is 0 Å². The third kappa shape index (κ3) is 4.50. The molecule has 0 fully saturated rings. The summed E-state index contributed by atoms with van der Waals surface area (Å²) in [6.07, 6.45) is 0. The molecule has 0 aliphatic carbocycles. The SMILES string of the molecule is CCn1c2ccccc2c2cc([P@](/C=C3\N(C)c4ccccc4C3(C)C)(=Nc3cc([N+](=O)[O-])ccc3C)N(C)C)ccc21. The van der Waals surface area contributed by atoms with Crippen LogP contribution in [0.2, 0.25) is 0 Å². The fourth-order valence-electron chi connectivity index (χ4n) is 6.57. The quantitative estimate of drug-likeness (QED) is 0.112. The highest BCUT2D eigenvalue weighted by Crippen LogP contribution is 2.59. The summed E-state index contributed by atoms with van der Waals surface area (Å²) in [5, 5.41) is 15.3. The van der Waals surface area contributed by atoms with Crippen LogP contribution in [0.1, 0.15) is 31.9 Å². The Morgan fingerprint density at radius 1 is 0.953 bits per heavy atom. The number of hydrogen-bond donors (Lipinski definition) is 0. The van der Waals surface area contributed by atoms with Crippen molar-refractivity contribution in [2.45, 2.75) is 39.7 Å². The number of anilines is 1. The normalized spacial score (nSPS) is 16.7. The minimum Gasteiger partial charge on any atom is -0.347 e. The molecule has 0 spiro atoms. The third-order valence-electron chi connectivity index (χ3n) is 8.97. The Morgan fingerprint density at radius 2 is 1.65 bits per heavy atom. The molecular weight excluding hydrogens is 553 g/mol. The van der Waals surface area contributed by atoms with Crippen molar-refractivity contribution >= 4 is 51.4 Å². The topological polar surface area (TPSA) is 66.9 Å². The summed E-state index contributed by atoms with van der Waals surface area (Å²) in [6.45, 7) is 9.55. The lowest BCUT2D eigenvalue weighted by Crippen LogP contribution is -2.25. The smallest absolute Gasteiger partial charge is 0.271 e. The number of nitrogens with zero attached hydrogens (tertiary/aromatic N) is 5. The Kier molecular flexibility index (Phi) is 7.07. The van der Waals surface area contributed by atoms with Crippen LogP contribution in [0.4, 0.5) is 17.1 Å². The molecule has 7 nitrogen and oxygen atoms in total. The first-order valence-electron chi connectivity index (χ1n) is 14.6. The number of rotatable bonds is 6. The highest BCUT2D eigenvalue weighted by molar-refractivity contribution is 7.74. The lowest BCUT2D eigenvalue weighted by molar-refractivity contribution is -0.384. The summed E-state index contributed by atoms with van der Waals surface area (Å²) in [7, 11) is 3.61. The van der Waals surface area contributed by atoms with E-state index in [1.54, 1.807) is 18.2 Å². The zero-order chi connectivity index (χ0) is 30.7. The predicted octanol–water partition coefficient (Wildman–Crippen LogP) is 8.93. The van der Waals surface area contributed by atoms with Gasteiger partial charge in [-0.15, -0.1) is 0 Å². The van der Waals surface area contributed by atoms with Crippen LogP contribution < -0.4 is 10.2 Å². The zero-order valence-electron chi connectivity index (χ0n) is 25.9. The molecule has 1 aliphatic rings. The molecule has 0 saturated heterocycles. The second kappa shape index (κ2) is 10.5. The van der Waals surface area contributed by atoms with Crippen molar-refractivity contribution in [3.05, 3.63) is 118 Å². The van der Waals surface area contributed by atoms with Gasteiger partial charge in [-0.05, 0) is 75.2 Å². The van der Waals surface area contributed by atoms with Gasteiger partial charge in [0.1, 0.15) is 0 Å². The molecule has 220 valence electrons. The lowest BCUT2D eigenvalue weighted by Gasteiger charge is -2.33. The number of hydrogen-bond acceptors (Lipinski definition) is 4. The van der Waals surface area contributed by atoms with Gasteiger partial charge in [0.2, 0.25) is 0 Å². The Balaban J connectivity index is 1.72. The molecular formula is C35H38N5O2P. The highest BCUT2D eigenvalue weighted by Gasteiger charge is 2.40. The molecule has 1 aliphatic heterocycles. The fourth-order valence-corrected chi connectivity index (χ4v) is 9.76. The van der Waals surface area contributed by atoms with Gasteiger partial charge in [0, 0.05) is 69.6 Å². The first-order chi connectivity index (χ1) is 20.5. The summed E-state index contributed by atoms with van der Waals surface area (Å²) >= 11 is 0. The van der Waals surface area contributed by atoms with Crippen molar-refractivity contribution in [3.8, 4) is 0 Å². The summed E-state index contributed by atoms with van der Waals surface area (Å²) in [4.78, 5) is 13.7. The molecule has 8 heteroatoms. The minimum absolute atomic E-state index is 0.0426. The van der Waals surface area contributed by atoms with Crippen molar-refractivity contribution in [3.63, 3.8) is 0 Å². The average molecular weight is 592 g/mol. The van der Waals surface area contributed by atoms with Gasteiger partial charge in [-0.2, -0.15) is 0 Å². The van der Waals surface area contributed by atoms with Gasteiger partial charge in [-0.3, -0.25) is 14.8 Å². The van der Waals surface area contributed by atoms with E-state index in [2.05, 4.69) is 129 Å². The van der Waals surface area contributed by atoms with E-state index in [4.69, 9.17) is 4.74 Å². The first-order valence-corrected chi connectivity index (χ1v) is 16.4. The maximum absolute atomic E-state index is 11.8. The van der Waals surface area contributed by atoms with Crippen LogP contribution >= 0.6 is 7.21 Å². The fraction of sp³-hybridized carbons (Fsp3) is 0.257. The molecule has 5 aromatic rings. The number of nitro benzene ring substituents is 1. The van der Waals surface area contributed by atoms with Crippen LogP contribution in [-0.4, -0.2) is 35.3 Å². The van der Waals surface area contributed by atoms with Crippen molar-refractivity contribution in [1.82, 2.24) is 9.24 Å². The molecule has 0 saturated carbocycles. The van der Waals surface area contributed by atoms with Gasteiger partial charge in [0.25, 0.3) is 5.69 Å².